The Kier molecular flexibility index (Phi) is 5.79. The molecule has 0 atom stereocenters. The molecule has 3 aromatic heterocycles. The van der Waals surface area contributed by atoms with Crippen LogP contribution >= 0.6 is 0 Å². The van der Waals surface area contributed by atoms with E-state index in [1.807, 2.05) is 0 Å². The zero-order valence-corrected chi connectivity index (χ0v) is 21.3. The van der Waals surface area contributed by atoms with E-state index in [1.54, 1.807) is 4.57 Å². The minimum absolute atomic E-state index is 0.0607. The number of carboxylic acid groups (broad SMARTS) is 1. The summed E-state index contributed by atoms with van der Waals surface area (Å²) in [6.45, 7) is 0. The summed E-state index contributed by atoms with van der Waals surface area (Å²) in [6.07, 6.45) is -0.782. The van der Waals surface area contributed by atoms with Gasteiger partial charge in [-0.3, -0.25) is 13.9 Å². The molecule has 0 spiro atoms. The van der Waals surface area contributed by atoms with Crippen molar-refractivity contribution >= 4 is 34.8 Å². The number of nitrogens with zero attached hydrogens (tertiary/aromatic N) is 5. The SMILES string of the molecule is Nc1ncnc2c1n(-c1ccc(C(=O)Nc3cc(C(F)(F)F)ccn3)cc1)c(=O)n2C12CCC(NC(=O)O)(CC1)C2. The Hall–Kier alpha value is -4.95. The molecular weight excluding hydrogens is 545 g/mol. The lowest BCUT2D eigenvalue weighted by molar-refractivity contribution is -0.137. The van der Waals surface area contributed by atoms with Gasteiger partial charge in [-0.25, -0.2) is 24.5 Å². The summed E-state index contributed by atoms with van der Waals surface area (Å²) in [7, 11) is 0. The first-order chi connectivity index (χ1) is 19.4. The standard InChI is InChI=1S/C26H23F3N8O4/c27-26(28,29)15-5-10-31-17(11-15)34-21(38)14-1-3-16(4-2-14)36-18-19(30)32-13-33-20(18)37(23(36)41)25-8-6-24(12-25,7-9-25)35-22(39)40/h1-5,10-11,13,35H,6-9,12H2,(H,39,40)(H2,30,32,33)(H,31,34,38). The van der Waals surface area contributed by atoms with Gasteiger partial charge in [-0.05, 0) is 68.5 Å². The average molecular weight is 569 g/mol. The van der Waals surface area contributed by atoms with Crippen molar-refractivity contribution in [3.8, 4) is 5.69 Å². The molecule has 212 valence electrons. The van der Waals surface area contributed by atoms with E-state index in [0.29, 0.717) is 43.4 Å². The van der Waals surface area contributed by atoms with Crippen LogP contribution in [0.25, 0.3) is 16.9 Å². The van der Waals surface area contributed by atoms with Crippen LogP contribution in [-0.4, -0.2) is 46.7 Å². The topological polar surface area (TPSA) is 170 Å². The second-order valence-electron chi connectivity index (χ2n) is 10.4. The van der Waals surface area contributed by atoms with Crippen molar-refractivity contribution in [2.75, 3.05) is 11.1 Å². The van der Waals surface area contributed by atoms with Gasteiger partial charge in [0.05, 0.1) is 16.8 Å². The summed E-state index contributed by atoms with van der Waals surface area (Å²) >= 11 is 0. The fourth-order valence-corrected chi connectivity index (χ4v) is 6.22. The van der Waals surface area contributed by atoms with Crippen LogP contribution in [0.15, 0.2) is 53.7 Å². The van der Waals surface area contributed by atoms with Gasteiger partial charge in [0.2, 0.25) is 0 Å². The Bertz CT molecular complexity index is 1760. The molecule has 0 saturated heterocycles. The maximum absolute atomic E-state index is 14.0. The number of carbonyl (C=O) groups is 2. The number of carbonyl (C=O) groups excluding carboxylic acids is 1. The molecule has 5 N–H and O–H groups in total. The molecule has 0 unspecified atom stereocenters. The van der Waals surface area contributed by atoms with Crippen molar-refractivity contribution in [2.24, 2.45) is 0 Å². The number of fused-ring (bicyclic) bond motifs is 3. The van der Waals surface area contributed by atoms with Crippen LogP contribution in [0.1, 0.15) is 48.0 Å². The summed E-state index contributed by atoms with van der Waals surface area (Å²) < 4.78 is 42.0. The molecule has 0 aliphatic heterocycles. The van der Waals surface area contributed by atoms with Crippen molar-refractivity contribution in [3.05, 3.63) is 70.5 Å². The molecule has 0 radical (unpaired) electrons. The normalized spacial score (nSPS) is 21.7. The summed E-state index contributed by atoms with van der Waals surface area (Å²) in [5.74, 6) is -0.899. The van der Waals surface area contributed by atoms with Crippen molar-refractivity contribution in [3.63, 3.8) is 0 Å². The molecule has 6 rings (SSSR count). The molecule has 2 fully saturated rings. The molecular formula is C26H23F3N8O4. The number of amides is 2. The van der Waals surface area contributed by atoms with Gasteiger partial charge in [-0.15, -0.1) is 0 Å². The van der Waals surface area contributed by atoms with E-state index < -0.39 is 40.5 Å². The van der Waals surface area contributed by atoms with Gasteiger partial charge in [0.25, 0.3) is 5.91 Å². The van der Waals surface area contributed by atoms with Crippen molar-refractivity contribution in [1.29, 1.82) is 0 Å². The Morgan fingerprint density at radius 1 is 1.02 bits per heavy atom. The molecule has 2 bridgehead atoms. The van der Waals surface area contributed by atoms with Gasteiger partial charge in [0.15, 0.2) is 11.5 Å². The molecule has 41 heavy (non-hydrogen) atoms. The van der Waals surface area contributed by atoms with E-state index >= 15 is 0 Å². The fourth-order valence-electron chi connectivity index (χ4n) is 6.22. The fraction of sp³-hybridized carbons (Fsp3) is 0.308. The van der Waals surface area contributed by atoms with E-state index in [0.717, 1.165) is 18.3 Å². The highest BCUT2D eigenvalue weighted by Crippen LogP contribution is 2.55. The van der Waals surface area contributed by atoms with Crippen LogP contribution < -0.4 is 22.1 Å². The third-order valence-corrected chi connectivity index (χ3v) is 8.02. The van der Waals surface area contributed by atoms with Crippen LogP contribution in [0.4, 0.5) is 29.6 Å². The van der Waals surface area contributed by atoms with Crippen molar-refractivity contribution in [1.82, 2.24) is 29.4 Å². The number of benzene rings is 1. The highest BCUT2D eigenvalue weighted by Gasteiger charge is 2.57. The number of rotatable bonds is 5. The minimum Gasteiger partial charge on any atom is -0.465 e. The van der Waals surface area contributed by atoms with Crippen LogP contribution in [0.3, 0.4) is 0 Å². The number of nitrogens with two attached hydrogens (primary N) is 1. The molecule has 2 saturated carbocycles. The number of hydrogen-bond acceptors (Lipinski definition) is 7. The largest absolute Gasteiger partial charge is 0.465 e. The summed E-state index contributed by atoms with van der Waals surface area (Å²) in [4.78, 5) is 50.4. The first kappa shape index (κ1) is 26.3. The number of hydrogen-bond donors (Lipinski definition) is 4. The number of aromatic nitrogens is 5. The number of nitrogen functional groups attached to an aromatic ring is 1. The van der Waals surface area contributed by atoms with E-state index in [2.05, 4.69) is 25.6 Å². The zero-order valence-electron chi connectivity index (χ0n) is 21.3. The minimum atomic E-state index is -4.59. The number of nitrogens with one attached hydrogen (secondary N) is 2. The first-order valence-corrected chi connectivity index (χ1v) is 12.6. The highest BCUT2D eigenvalue weighted by molar-refractivity contribution is 6.04. The molecule has 2 aliphatic rings. The van der Waals surface area contributed by atoms with Gasteiger partial charge in [0.1, 0.15) is 17.7 Å². The molecule has 15 heteroatoms. The number of halogens is 3. The van der Waals surface area contributed by atoms with Crippen LogP contribution in [-0.2, 0) is 11.7 Å². The predicted molar refractivity (Wildman–Crippen MR) is 140 cm³/mol. The second kappa shape index (κ2) is 9.04. The van der Waals surface area contributed by atoms with Crippen LogP contribution in [0.2, 0.25) is 0 Å². The van der Waals surface area contributed by atoms with Gasteiger partial charge < -0.3 is 21.5 Å². The van der Waals surface area contributed by atoms with E-state index in [4.69, 9.17) is 5.73 Å². The predicted octanol–water partition coefficient (Wildman–Crippen LogP) is 3.51. The highest BCUT2D eigenvalue weighted by atomic mass is 19.4. The first-order valence-electron chi connectivity index (χ1n) is 12.6. The van der Waals surface area contributed by atoms with Gasteiger partial charge >= 0.3 is 18.0 Å². The van der Waals surface area contributed by atoms with Crippen LogP contribution in [0.5, 0.6) is 0 Å². The maximum atomic E-state index is 14.0. The monoisotopic (exact) mass is 568 g/mol. The zero-order chi connectivity index (χ0) is 29.2. The van der Waals surface area contributed by atoms with Gasteiger partial charge in [-0.2, -0.15) is 13.2 Å². The van der Waals surface area contributed by atoms with E-state index in [9.17, 15) is 32.7 Å². The average Bonchev–Trinajstić information content (AvgIpc) is 3.56. The molecule has 3 heterocycles. The third-order valence-electron chi connectivity index (χ3n) is 8.02. The summed E-state index contributed by atoms with van der Waals surface area (Å²) in [6, 6.07) is 7.37. The van der Waals surface area contributed by atoms with Gasteiger partial charge in [-0.1, -0.05) is 0 Å². The van der Waals surface area contributed by atoms with Gasteiger partial charge in [0, 0.05) is 17.3 Å². The smallest absolute Gasteiger partial charge is 0.416 e. The van der Waals surface area contributed by atoms with Crippen molar-refractivity contribution < 1.29 is 27.9 Å². The van der Waals surface area contributed by atoms with E-state index in [1.165, 1.54) is 35.2 Å². The van der Waals surface area contributed by atoms with E-state index in [-0.39, 0.29) is 22.7 Å². The number of alkyl halides is 3. The quantitative estimate of drug-likeness (QED) is 0.283. The lowest BCUT2D eigenvalue weighted by Gasteiger charge is -2.28. The lowest BCUT2D eigenvalue weighted by Crippen LogP contribution is -2.44. The number of anilines is 2. The van der Waals surface area contributed by atoms with Crippen molar-refractivity contribution in [2.45, 2.75) is 49.4 Å². The molecule has 4 aromatic rings. The Morgan fingerprint density at radius 2 is 1.73 bits per heavy atom. The number of pyridine rings is 1. The molecule has 2 amide bonds. The summed E-state index contributed by atoms with van der Waals surface area (Å²) in [5, 5.41) is 14.3. The Labute approximate surface area is 229 Å². The molecule has 2 aliphatic carbocycles. The Balaban J connectivity index is 1.35. The molecule has 1 aromatic carbocycles. The molecule has 12 nitrogen and oxygen atoms in total. The third kappa shape index (κ3) is 4.33. The second-order valence-corrected chi connectivity index (χ2v) is 10.4. The summed E-state index contributed by atoms with van der Waals surface area (Å²) in [5.41, 5.74) is 4.58. The Morgan fingerprint density at radius 3 is 2.39 bits per heavy atom. The van der Waals surface area contributed by atoms with Crippen LogP contribution in [0, 0.1) is 0 Å². The number of imidazole rings is 1. The maximum Gasteiger partial charge on any atom is 0.416 e. The lowest BCUT2D eigenvalue weighted by atomic mass is 9.91.